The van der Waals surface area contributed by atoms with Crippen molar-refractivity contribution < 1.29 is 24.5 Å². The van der Waals surface area contributed by atoms with Crippen molar-refractivity contribution in [1.82, 2.24) is 0 Å². The normalized spacial score (nSPS) is 11.1. The Hall–Kier alpha value is -2.79. The molecule has 0 fully saturated rings. The number of carboxylic acid groups (broad SMARTS) is 1. The molecular weight excluding hydrogens is 320 g/mol. The number of benzene rings is 2. The van der Waals surface area contributed by atoms with E-state index < -0.39 is 17.5 Å². The lowest BCUT2D eigenvalue weighted by Crippen LogP contribution is -2.04. The van der Waals surface area contributed by atoms with Crippen molar-refractivity contribution >= 4 is 23.4 Å². The molecular formula is C17H13ClO5. The number of carboxylic acids is 1. The first-order valence-corrected chi connectivity index (χ1v) is 6.99. The van der Waals surface area contributed by atoms with Crippen LogP contribution in [0.4, 0.5) is 0 Å². The standard InChI is InChI=1S/C17H13ClO5/c18-13-5-1-3-11(7-13)10-23-14-6-2-4-12(8-14)15(19)9-16(20)17(21)22/h1-9,20H,10H2,(H,21,22). The molecule has 23 heavy (non-hydrogen) atoms. The van der Waals surface area contributed by atoms with Crippen molar-refractivity contribution in [3.63, 3.8) is 0 Å². The highest BCUT2D eigenvalue weighted by Crippen LogP contribution is 2.17. The number of carbonyl (C=O) groups excluding carboxylic acids is 1. The topological polar surface area (TPSA) is 83.8 Å². The maximum absolute atomic E-state index is 11.9. The Balaban J connectivity index is 2.09. The summed E-state index contributed by atoms with van der Waals surface area (Å²) >= 11 is 5.89. The van der Waals surface area contributed by atoms with Crippen molar-refractivity contribution in [3.8, 4) is 5.75 Å². The fourth-order valence-electron chi connectivity index (χ4n) is 1.80. The van der Waals surface area contributed by atoms with Gasteiger partial charge in [-0.1, -0.05) is 35.9 Å². The molecule has 5 nitrogen and oxygen atoms in total. The molecule has 2 rings (SSSR count). The molecule has 0 spiro atoms. The van der Waals surface area contributed by atoms with Crippen molar-refractivity contribution in [2.24, 2.45) is 0 Å². The summed E-state index contributed by atoms with van der Waals surface area (Å²) < 4.78 is 5.58. The van der Waals surface area contributed by atoms with Gasteiger partial charge in [-0.3, -0.25) is 4.79 Å². The Kier molecular flexibility index (Phi) is 5.38. The van der Waals surface area contributed by atoms with E-state index in [1.165, 1.54) is 12.1 Å². The highest BCUT2D eigenvalue weighted by molar-refractivity contribution is 6.30. The van der Waals surface area contributed by atoms with E-state index in [4.69, 9.17) is 26.6 Å². The third kappa shape index (κ3) is 4.86. The summed E-state index contributed by atoms with van der Waals surface area (Å²) in [5, 5.41) is 18.3. The lowest BCUT2D eigenvalue weighted by atomic mass is 10.1. The number of ether oxygens (including phenoxy) is 1. The molecule has 2 N–H and O–H groups in total. The van der Waals surface area contributed by atoms with Gasteiger partial charge in [0.25, 0.3) is 0 Å². The van der Waals surface area contributed by atoms with Crippen LogP contribution in [0.15, 0.2) is 60.4 Å². The summed E-state index contributed by atoms with van der Waals surface area (Å²) in [5.41, 5.74) is 1.08. The predicted octanol–water partition coefficient (Wildman–Crippen LogP) is 3.63. The van der Waals surface area contributed by atoms with Gasteiger partial charge in [0.05, 0.1) is 0 Å². The summed E-state index contributed by atoms with van der Waals surface area (Å²) in [7, 11) is 0. The van der Waals surface area contributed by atoms with Crippen LogP contribution in [0.1, 0.15) is 15.9 Å². The second-order valence-electron chi connectivity index (χ2n) is 4.65. The molecule has 0 unspecified atom stereocenters. The van der Waals surface area contributed by atoms with Gasteiger partial charge in [-0.2, -0.15) is 0 Å². The molecule has 0 aliphatic heterocycles. The van der Waals surface area contributed by atoms with E-state index in [2.05, 4.69) is 0 Å². The van der Waals surface area contributed by atoms with Crippen LogP contribution in [0.5, 0.6) is 5.75 Å². The van der Waals surface area contributed by atoms with E-state index in [1.807, 2.05) is 6.07 Å². The smallest absolute Gasteiger partial charge is 0.371 e. The first kappa shape index (κ1) is 16.6. The lowest BCUT2D eigenvalue weighted by molar-refractivity contribution is -0.135. The van der Waals surface area contributed by atoms with Gasteiger partial charge in [0.2, 0.25) is 5.76 Å². The summed E-state index contributed by atoms with van der Waals surface area (Å²) in [5.74, 6) is -2.76. The third-order valence-electron chi connectivity index (χ3n) is 2.90. The highest BCUT2D eigenvalue weighted by atomic mass is 35.5. The van der Waals surface area contributed by atoms with Gasteiger partial charge in [-0.15, -0.1) is 0 Å². The van der Waals surface area contributed by atoms with Crippen molar-refractivity contribution in [2.75, 3.05) is 0 Å². The quantitative estimate of drug-likeness (QED) is 0.479. The number of hydrogen-bond acceptors (Lipinski definition) is 4. The number of aliphatic carboxylic acids is 1. The Bertz CT molecular complexity index is 767. The molecule has 0 bridgehead atoms. The van der Waals surface area contributed by atoms with Gasteiger partial charge < -0.3 is 14.9 Å². The number of hydrogen-bond donors (Lipinski definition) is 2. The number of carbonyl (C=O) groups is 2. The van der Waals surface area contributed by atoms with Crippen LogP contribution in [-0.2, 0) is 11.4 Å². The molecule has 6 heteroatoms. The molecule has 0 heterocycles. The summed E-state index contributed by atoms with van der Waals surface area (Å²) in [4.78, 5) is 22.4. The highest BCUT2D eigenvalue weighted by Gasteiger charge is 2.10. The zero-order valence-electron chi connectivity index (χ0n) is 11.9. The Morgan fingerprint density at radius 2 is 1.83 bits per heavy atom. The van der Waals surface area contributed by atoms with E-state index in [1.54, 1.807) is 30.3 Å². The summed E-state index contributed by atoms with van der Waals surface area (Å²) in [6.45, 7) is 0.272. The number of aliphatic hydroxyl groups is 1. The third-order valence-corrected chi connectivity index (χ3v) is 3.14. The number of halogens is 1. The summed E-state index contributed by atoms with van der Waals surface area (Å²) in [6.07, 6.45) is 0.651. The molecule has 0 aliphatic carbocycles. The largest absolute Gasteiger partial charge is 0.502 e. The molecule has 0 radical (unpaired) electrons. The summed E-state index contributed by atoms with van der Waals surface area (Å²) in [6, 6.07) is 13.4. The van der Waals surface area contributed by atoms with E-state index in [0.29, 0.717) is 16.8 Å². The van der Waals surface area contributed by atoms with Crippen LogP contribution in [0.3, 0.4) is 0 Å². The van der Waals surface area contributed by atoms with Gasteiger partial charge in [-0.25, -0.2) is 4.79 Å². The van der Waals surface area contributed by atoms with Crippen LogP contribution >= 0.6 is 11.6 Å². The first-order chi connectivity index (χ1) is 11.0. The fraction of sp³-hybridized carbons (Fsp3) is 0.0588. The monoisotopic (exact) mass is 332 g/mol. The SMILES string of the molecule is O=C(O)C(O)=CC(=O)c1cccc(OCc2cccc(Cl)c2)c1. The van der Waals surface area contributed by atoms with Gasteiger partial charge in [0.15, 0.2) is 5.78 Å². The molecule has 0 atom stereocenters. The van der Waals surface area contributed by atoms with E-state index in [0.717, 1.165) is 5.56 Å². The van der Waals surface area contributed by atoms with Gasteiger partial charge in [0, 0.05) is 16.7 Å². The average Bonchev–Trinajstić information content (AvgIpc) is 2.53. The number of aliphatic hydroxyl groups excluding tert-OH is 1. The number of allylic oxidation sites excluding steroid dienone is 1. The Morgan fingerprint density at radius 1 is 1.09 bits per heavy atom. The Labute approximate surface area is 137 Å². The van der Waals surface area contributed by atoms with Crippen LogP contribution in [0.25, 0.3) is 0 Å². The second kappa shape index (κ2) is 7.47. The predicted molar refractivity (Wildman–Crippen MR) is 84.9 cm³/mol. The number of rotatable bonds is 6. The van der Waals surface area contributed by atoms with Crippen LogP contribution in [0, 0.1) is 0 Å². The molecule has 0 saturated heterocycles. The van der Waals surface area contributed by atoms with E-state index in [-0.39, 0.29) is 12.2 Å². The van der Waals surface area contributed by atoms with Crippen LogP contribution in [0.2, 0.25) is 5.02 Å². The van der Waals surface area contributed by atoms with Crippen molar-refractivity contribution in [1.29, 1.82) is 0 Å². The van der Waals surface area contributed by atoms with Crippen LogP contribution in [-0.4, -0.2) is 22.0 Å². The van der Waals surface area contributed by atoms with Crippen molar-refractivity contribution in [3.05, 3.63) is 76.5 Å². The average molecular weight is 333 g/mol. The molecule has 0 saturated carbocycles. The van der Waals surface area contributed by atoms with Crippen molar-refractivity contribution in [2.45, 2.75) is 6.61 Å². The zero-order chi connectivity index (χ0) is 16.8. The van der Waals surface area contributed by atoms with Gasteiger partial charge in [-0.05, 0) is 29.8 Å². The lowest BCUT2D eigenvalue weighted by Gasteiger charge is -2.07. The molecule has 0 aromatic heterocycles. The van der Waals surface area contributed by atoms with E-state index >= 15 is 0 Å². The Morgan fingerprint density at radius 3 is 2.52 bits per heavy atom. The fourth-order valence-corrected chi connectivity index (χ4v) is 2.01. The molecule has 0 amide bonds. The maximum atomic E-state index is 11.9. The minimum Gasteiger partial charge on any atom is -0.502 e. The number of ketones is 1. The van der Waals surface area contributed by atoms with Gasteiger partial charge >= 0.3 is 5.97 Å². The molecule has 2 aromatic carbocycles. The molecule has 0 aliphatic rings. The zero-order valence-corrected chi connectivity index (χ0v) is 12.7. The molecule has 2 aromatic rings. The maximum Gasteiger partial charge on any atom is 0.371 e. The van der Waals surface area contributed by atoms with Gasteiger partial charge in [0.1, 0.15) is 12.4 Å². The minimum absolute atomic E-state index is 0.210. The van der Waals surface area contributed by atoms with Crippen LogP contribution < -0.4 is 4.74 Å². The van der Waals surface area contributed by atoms with E-state index in [9.17, 15) is 9.59 Å². The minimum atomic E-state index is -1.56. The molecule has 118 valence electrons. The first-order valence-electron chi connectivity index (χ1n) is 6.61. The second-order valence-corrected chi connectivity index (χ2v) is 5.08.